The zero-order valence-corrected chi connectivity index (χ0v) is 31.7. The van der Waals surface area contributed by atoms with Gasteiger partial charge in [-0.3, -0.25) is 4.79 Å². The number of rotatable bonds is 19. The number of nitrogens with zero attached hydrogens (tertiary/aromatic N) is 3. The molecule has 4 aromatic rings. The average molecular weight is 700 g/mol. The fourth-order valence-corrected chi connectivity index (χ4v) is 6.01. The van der Waals surface area contributed by atoms with E-state index in [1.165, 1.54) is 51.7 Å². The standard InChI is InChI=1S/C43H53N5O.C2H4O/c1-4-5-6-7-8-11-20-30-45-40(49)29-19-10-9-14-22-35-23-21-24-36(31-35)33-48-42(38-27-17-13-18-28-38)41(37-25-15-12-16-26-37)39(32-44)43(48)46-34-47(2)3;1-2-3/h12-13,15-18,21,23-28,31-32,34,44H,4-11,19-20,29-30,33H2,1-3H3,(H,45,49);2H,1H3/b44-32?,46-34-;. The van der Waals surface area contributed by atoms with E-state index in [2.05, 4.69) is 71.1 Å². The highest BCUT2D eigenvalue weighted by molar-refractivity contribution is 6.02. The first-order valence-corrected chi connectivity index (χ1v) is 18.8. The van der Waals surface area contributed by atoms with E-state index in [4.69, 9.17) is 15.2 Å². The Kier molecular flexibility index (Phi) is 19.1. The molecule has 274 valence electrons. The van der Waals surface area contributed by atoms with E-state index in [-0.39, 0.29) is 5.91 Å². The van der Waals surface area contributed by atoms with Crippen LogP contribution >= 0.6 is 0 Å². The van der Waals surface area contributed by atoms with Gasteiger partial charge in [-0.05, 0) is 55.0 Å². The molecule has 0 aliphatic carbocycles. The number of aliphatic imine (C=N–C) groups is 1. The Bertz CT molecular complexity index is 1750. The van der Waals surface area contributed by atoms with E-state index in [9.17, 15) is 4.79 Å². The van der Waals surface area contributed by atoms with Gasteiger partial charge in [-0.1, -0.05) is 130 Å². The van der Waals surface area contributed by atoms with Crippen LogP contribution in [0.1, 0.15) is 101 Å². The first-order valence-electron chi connectivity index (χ1n) is 18.8. The Hall–Kier alpha value is -5.22. The smallest absolute Gasteiger partial charge is 0.219 e. The SMILES string of the molecule is CC=O.CCCCCCCCCNC(=O)CCCCC#Cc1cccc(Cn2c(/N=C\N(C)C)c(C=N)c(-c3ccccc3)c2-c2ccccc2)c1. The van der Waals surface area contributed by atoms with Gasteiger partial charge in [0.25, 0.3) is 0 Å². The molecular weight excluding hydrogens is 643 g/mol. The fourth-order valence-electron chi connectivity index (χ4n) is 6.01. The van der Waals surface area contributed by atoms with Crippen molar-refractivity contribution >= 4 is 30.6 Å². The highest BCUT2D eigenvalue weighted by Crippen LogP contribution is 2.42. The summed E-state index contributed by atoms with van der Waals surface area (Å²) in [6.45, 7) is 5.05. The van der Waals surface area contributed by atoms with E-state index in [0.29, 0.717) is 13.0 Å². The summed E-state index contributed by atoms with van der Waals surface area (Å²) in [6.07, 6.45) is 15.8. The molecule has 0 saturated carbocycles. The highest BCUT2D eigenvalue weighted by atomic mass is 16.1. The van der Waals surface area contributed by atoms with Crippen molar-refractivity contribution in [3.8, 4) is 34.2 Å². The molecule has 0 radical (unpaired) electrons. The monoisotopic (exact) mass is 699 g/mol. The molecule has 0 unspecified atom stereocenters. The Morgan fingerprint density at radius 1 is 0.865 bits per heavy atom. The van der Waals surface area contributed by atoms with E-state index >= 15 is 0 Å². The van der Waals surface area contributed by atoms with Gasteiger partial charge in [0.2, 0.25) is 5.91 Å². The third kappa shape index (κ3) is 13.8. The molecule has 1 heterocycles. The predicted molar refractivity (Wildman–Crippen MR) is 219 cm³/mol. The Balaban J connectivity index is 0.00000235. The molecule has 4 rings (SSSR count). The predicted octanol–water partition coefficient (Wildman–Crippen LogP) is 10.1. The van der Waals surface area contributed by atoms with Crippen LogP contribution in [0.5, 0.6) is 0 Å². The van der Waals surface area contributed by atoms with Crippen LogP contribution in [-0.2, 0) is 16.1 Å². The van der Waals surface area contributed by atoms with Crippen molar-refractivity contribution in [2.75, 3.05) is 20.6 Å². The third-order valence-corrected chi connectivity index (χ3v) is 8.50. The number of amides is 1. The quantitative estimate of drug-likeness (QED) is 0.0336. The number of hydrogen-bond acceptors (Lipinski definition) is 4. The molecule has 7 heteroatoms. The molecule has 0 spiro atoms. The van der Waals surface area contributed by atoms with Gasteiger partial charge in [0.05, 0.1) is 12.0 Å². The minimum atomic E-state index is 0.155. The van der Waals surface area contributed by atoms with E-state index in [1.807, 2.05) is 61.5 Å². The van der Waals surface area contributed by atoms with Crippen LogP contribution in [0.4, 0.5) is 5.82 Å². The van der Waals surface area contributed by atoms with Crippen molar-refractivity contribution in [2.24, 2.45) is 4.99 Å². The minimum Gasteiger partial charge on any atom is -0.369 e. The molecule has 1 amide bonds. The molecule has 0 saturated heterocycles. The number of aromatic nitrogens is 1. The number of aldehydes is 1. The molecule has 2 N–H and O–H groups in total. The summed E-state index contributed by atoms with van der Waals surface area (Å²) in [6, 6.07) is 29.0. The molecule has 7 nitrogen and oxygen atoms in total. The van der Waals surface area contributed by atoms with Crippen LogP contribution in [0.2, 0.25) is 0 Å². The largest absolute Gasteiger partial charge is 0.369 e. The first kappa shape index (κ1) is 41.2. The second kappa shape index (κ2) is 24.1. The summed E-state index contributed by atoms with van der Waals surface area (Å²) in [5, 5.41) is 11.6. The van der Waals surface area contributed by atoms with Crippen molar-refractivity contribution in [3.63, 3.8) is 0 Å². The van der Waals surface area contributed by atoms with Gasteiger partial charge in [-0.2, -0.15) is 0 Å². The molecule has 3 aromatic carbocycles. The van der Waals surface area contributed by atoms with Gasteiger partial charge < -0.3 is 25.0 Å². The molecule has 0 aliphatic rings. The van der Waals surface area contributed by atoms with E-state index in [1.54, 1.807) is 6.34 Å². The number of carbonyl (C=O) groups excluding carboxylic acids is 2. The lowest BCUT2D eigenvalue weighted by Gasteiger charge is -2.14. The van der Waals surface area contributed by atoms with Crippen molar-refractivity contribution in [1.29, 1.82) is 5.41 Å². The van der Waals surface area contributed by atoms with Gasteiger partial charge in [0.15, 0.2) is 0 Å². The maximum absolute atomic E-state index is 12.2. The highest BCUT2D eigenvalue weighted by Gasteiger charge is 2.24. The summed E-state index contributed by atoms with van der Waals surface area (Å²) >= 11 is 0. The molecule has 1 aromatic heterocycles. The molecule has 0 fully saturated rings. The average Bonchev–Trinajstić information content (AvgIpc) is 3.47. The van der Waals surface area contributed by atoms with E-state index < -0.39 is 0 Å². The molecular formula is C45H57N5O2. The van der Waals surface area contributed by atoms with Crippen LogP contribution in [0, 0.1) is 17.3 Å². The van der Waals surface area contributed by atoms with Crippen molar-refractivity contribution in [2.45, 2.75) is 91.0 Å². The normalized spacial score (nSPS) is 10.5. The van der Waals surface area contributed by atoms with Gasteiger partial charge >= 0.3 is 0 Å². The number of nitrogens with one attached hydrogen (secondary N) is 2. The minimum absolute atomic E-state index is 0.155. The van der Waals surface area contributed by atoms with Crippen LogP contribution in [0.3, 0.4) is 0 Å². The Morgan fingerprint density at radius 2 is 1.52 bits per heavy atom. The second-order valence-electron chi connectivity index (χ2n) is 13.0. The lowest BCUT2D eigenvalue weighted by Crippen LogP contribution is -2.23. The zero-order chi connectivity index (χ0) is 37.4. The lowest BCUT2D eigenvalue weighted by atomic mass is 9.98. The van der Waals surface area contributed by atoms with Crippen LogP contribution in [-0.4, -0.2) is 54.9 Å². The zero-order valence-electron chi connectivity index (χ0n) is 31.7. The summed E-state index contributed by atoms with van der Waals surface area (Å²) in [7, 11) is 3.90. The van der Waals surface area contributed by atoms with Crippen molar-refractivity contribution in [1.82, 2.24) is 14.8 Å². The second-order valence-corrected chi connectivity index (χ2v) is 13.0. The molecule has 52 heavy (non-hydrogen) atoms. The summed E-state index contributed by atoms with van der Waals surface area (Å²) in [4.78, 5) is 27.8. The molecule has 0 aliphatic heterocycles. The fraction of sp³-hybridized carbons (Fsp3) is 0.378. The molecule has 0 bridgehead atoms. The third-order valence-electron chi connectivity index (χ3n) is 8.50. The maximum Gasteiger partial charge on any atom is 0.219 e. The summed E-state index contributed by atoms with van der Waals surface area (Å²) < 4.78 is 2.23. The summed E-state index contributed by atoms with van der Waals surface area (Å²) in [5.74, 6) is 7.57. The van der Waals surface area contributed by atoms with Gasteiger partial charge in [-0.15, -0.1) is 0 Å². The molecule has 0 atom stereocenters. The Labute approximate surface area is 312 Å². The van der Waals surface area contributed by atoms with Crippen molar-refractivity contribution in [3.05, 3.63) is 102 Å². The number of unbranched alkanes of at least 4 members (excludes halogenated alkanes) is 8. The maximum atomic E-state index is 12.2. The number of hydrogen-bond donors (Lipinski definition) is 2. The summed E-state index contributed by atoms with van der Waals surface area (Å²) in [5.41, 5.74) is 6.99. The number of benzene rings is 3. The van der Waals surface area contributed by atoms with Crippen LogP contribution < -0.4 is 5.32 Å². The van der Waals surface area contributed by atoms with Crippen LogP contribution in [0.25, 0.3) is 22.4 Å². The lowest BCUT2D eigenvalue weighted by molar-refractivity contribution is -0.121. The van der Waals surface area contributed by atoms with Gasteiger partial charge in [0, 0.05) is 62.9 Å². The van der Waals surface area contributed by atoms with Crippen molar-refractivity contribution < 1.29 is 9.59 Å². The van der Waals surface area contributed by atoms with Gasteiger partial charge in [-0.25, -0.2) is 4.99 Å². The van der Waals surface area contributed by atoms with E-state index in [0.717, 1.165) is 83.4 Å². The Morgan fingerprint density at radius 3 is 2.17 bits per heavy atom. The number of carbonyl (C=O) groups is 2. The van der Waals surface area contributed by atoms with Crippen LogP contribution in [0.15, 0.2) is 89.9 Å². The first-order chi connectivity index (χ1) is 25.4. The topological polar surface area (TPSA) is 90.6 Å². The van der Waals surface area contributed by atoms with Gasteiger partial charge in [0.1, 0.15) is 12.1 Å².